The Morgan fingerprint density at radius 2 is 1.62 bits per heavy atom. The molecule has 422 valence electrons. The second kappa shape index (κ2) is 26.7. The Labute approximate surface area is 480 Å². The third kappa shape index (κ3) is 14.4. The maximum atomic E-state index is 13.5. The van der Waals surface area contributed by atoms with Crippen LogP contribution in [0.15, 0.2) is 101 Å². The molecule has 4 aromatic rings. The second-order valence-electron chi connectivity index (χ2n) is 23.7. The van der Waals surface area contributed by atoms with Crippen molar-refractivity contribution in [2.75, 3.05) is 88.9 Å². The maximum Gasteiger partial charge on any atom is 0.412 e. The topological polar surface area (TPSA) is 123 Å². The zero-order chi connectivity index (χ0) is 54.8. The van der Waals surface area contributed by atoms with Crippen molar-refractivity contribution >= 4 is 70.9 Å². The first kappa shape index (κ1) is 56.6. The van der Waals surface area contributed by atoms with Crippen molar-refractivity contribution in [2.24, 2.45) is 34.6 Å². The highest BCUT2D eigenvalue weighted by Gasteiger charge is 2.31. The van der Waals surface area contributed by atoms with Crippen LogP contribution >= 0.6 is 20.7 Å². The molecule has 2 N–H and O–H groups in total. The first-order valence-corrected chi connectivity index (χ1v) is 32.6. The standard InChI is InChI=1S/C66H86IN7O5/c1-45-8-16-54(18-11-50-13-25-59(78-5)26-14-50)62(75)27-15-51(39-45)12-17-52-19-22-58(40-47(52)3)71-32-6-7-49(28-33-71)10-9-46(2)53-29-34-72(35-30-53)57-23-20-56(21-24-57)69-63-42-67-41-55-31-36-73(44-60(55)70-63)61-43-68-65-64(48(61)4)74(66(76)77)37-38-79-65/h13-14,19-26,40-41,43,45,49,51,53-54H,2,6-12,15-18,27-39,42,44H2,1,3-5H3,(H,69,70)(H,76,77). The Morgan fingerprint density at radius 3 is 2.41 bits per heavy atom. The number of hydrogen-bond acceptors (Lipinski definition) is 10. The number of piperidine rings is 1. The van der Waals surface area contributed by atoms with Crippen LogP contribution in [0.2, 0.25) is 0 Å². The Balaban J connectivity index is 0.639. The highest BCUT2D eigenvalue weighted by molar-refractivity contribution is 14.2. The molecule has 1 aliphatic carbocycles. The minimum absolute atomic E-state index is 0.176. The fourth-order valence-electron chi connectivity index (χ4n) is 13.5. The molecule has 0 bridgehead atoms. The van der Waals surface area contributed by atoms with Crippen molar-refractivity contribution < 1.29 is 24.2 Å². The number of ketones is 1. The number of aliphatic imine (C=N–C) groups is 1. The van der Waals surface area contributed by atoms with Crippen molar-refractivity contribution in [2.45, 2.75) is 130 Å². The number of pyridine rings is 1. The summed E-state index contributed by atoms with van der Waals surface area (Å²) in [6.07, 6.45) is 19.6. The molecule has 6 aliphatic rings. The minimum atomic E-state index is -0.986. The van der Waals surface area contributed by atoms with Gasteiger partial charge in [-0.15, -0.1) is 20.7 Å². The second-order valence-corrected chi connectivity index (χ2v) is 26.0. The molecular weight excluding hydrogens is 1100 g/mol. The number of anilines is 5. The number of nitrogens with zero attached hydrogens (tertiary/aromatic N) is 6. The number of alkyl halides is 1. The summed E-state index contributed by atoms with van der Waals surface area (Å²) in [5, 5.41) is 13.6. The van der Waals surface area contributed by atoms with Crippen molar-refractivity contribution in [3.05, 3.63) is 119 Å². The number of aryl methyl sites for hydroxylation is 3. The highest BCUT2D eigenvalue weighted by atomic mass is 127. The first-order chi connectivity index (χ1) is 38.4. The molecule has 0 radical (unpaired) electrons. The third-order valence-electron chi connectivity index (χ3n) is 18.5. The van der Waals surface area contributed by atoms with Crippen molar-refractivity contribution in [3.63, 3.8) is 0 Å². The lowest BCUT2D eigenvalue weighted by Gasteiger charge is -2.35. The molecule has 0 spiro atoms. The number of rotatable bonds is 15. The van der Waals surface area contributed by atoms with Gasteiger partial charge in [-0.25, -0.2) is 14.8 Å². The molecular formula is C66H86IN7O5. The Hall–Kier alpha value is -5.70. The van der Waals surface area contributed by atoms with Crippen molar-refractivity contribution in [1.29, 1.82) is 0 Å². The largest absolute Gasteiger partial charge is 0.497 e. The number of methoxy groups -OCH3 is 1. The van der Waals surface area contributed by atoms with E-state index in [1.807, 2.05) is 25.3 Å². The summed E-state index contributed by atoms with van der Waals surface area (Å²) in [7, 11) is 1.70. The SMILES string of the molecule is C=C(CCC1CCCN(c2ccc(CCC3CCC(=O)C(CCc4ccc(OC)cc4)CCC(C)C3)c(C)c2)CC1)C1CCN(c2ccc(NC3=NC4=C(C=IC3)CCN(c3cnc5c(c3C)N(C(=O)O)CCO5)C4)cc2)CC1. The van der Waals surface area contributed by atoms with Gasteiger partial charge in [-0.3, -0.25) is 9.69 Å². The highest BCUT2D eigenvalue weighted by Crippen LogP contribution is 2.40. The lowest BCUT2D eigenvalue weighted by atomic mass is 9.84. The van der Waals surface area contributed by atoms with E-state index in [0.29, 0.717) is 54.8 Å². The Bertz CT molecular complexity index is 2870. The molecule has 1 amide bonds. The molecule has 5 aliphatic heterocycles. The van der Waals surface area contributed by atoms with Gasteiger partial charge in [0.15, 0.2) is 0 Å². The van der Waals surface area contributed by atoms with Crippen LogP contribution in [0.5, 0.6) is 11.6 Å². The van der Waals surface area contributed by atoms with Crippen LogP contribution in [-0.2, 0) is 17.6 Å². The summed E-state index contributed by atoms with van der Waals surface area (Å²) in [5.41, 5.74) is 14.1. The smallest absolute Gasteiger partial charge is 0.412 e. The number of allylic oxidation sites excluding steroid dienone is 1. The van der Waals surface area contributed by atoms with Gasteiger partial charge in [-0.1, -0.05) is 43.7 Å². The zero-order valence-corrected chi connectivity index (χ0v) is 49.8. The molecule has 6 heterocycles. The molecule has 79 heavy (non-hydrogen) atoms. The van der Waals surface area contributed by atoms with E-state index in [4.69, 9.17) is 21.0 Å². The number of carboxylic acid groups (broad SMARTS) is 1. The van der Waals surface area contributed by atoms with Gasteiger partial charge < -0.3 is 34.6 Å². The number of aromatic nitrogens is 1. The van der Waals surface area contributed by atoms with E-state index in [1.54, 1.807) is 7.11 Å². The van der Waals surface area contributed by atoms with Gasteiger partial charge in [0.1, 0.15) is 29.7 Å². The summed E-state index contributed by atoms with van der Waals surface area (Å²) in [5.74, 6) is 5.58. The monoisotopic (exact) mass is 1180 g/mol. The summed E-state index contributed by atoms with van der Waals surface area (Å²) >= 11 is -0.176. The third-order valence-corrected chi connectivity index (χ3v) is 20.8. The molecule has 13 heteroatoms. The van der Waals surface area contributed by atoms with E-state index in [1.165, 1.54) is 82.6 Å². The van der Waals surface area contributed by atoms with Crippen LogP contribution in [0.3, 0.4) is 0 Å². The van der Waals surface area contributed by atoms with Crippen LogP contribution in [0.4, 0.5) is 33.2 Å². The number of amidine groups is 1. The van der Waals surface area contributed by atoms with Crippen LogP contribution in [0.25, 0.3) is 0 Å². The van der Waals surface area contributed by atoms with E-state index >= 15 is 0 Å². The zero-order valence-electron chi connectivity index (χ0n) is 47.6. The summed E-state index contributed by atoms with van der Waals surface area (Å²) in [4.78, 5) is 44.2. The van der Waals surface area contributed by atoms with E-state index in [0.717, 1.165) is 148 Å². The van der Waals surface area contributed by atoms with E-state index in [9.17, 15) is 14.7 Å². The number of benzene rings is 3. The molecule has 2 saturated heterocycles. The van der Waals surface area contributed by atoms with E-state index in [-0.39, 0.29) is 26.6 Å². The fraction of sp³-hybridized carbons (Fsp3) is 0.530. The molecule has 4 atom stereocenters. The molecule has 4 unspecified atom stereocenters. The molecule has 12 nitrogen and oxygen atoms in total. The normalized spacial score (nSPS) is 22.4. The lowest BCUT2D eigenvalue weighted by molar-refractivity contribution is -0.123. The van der Waals surface area contributed by atoms with E-state index < -0.39 is 6.09 Å². The number of halogens is 1. The van der Waals surface area contributed by atoms with Crippen molar-refractivity contribution in [1.82, 2.24) is 4.98 Å². The van der Waals surface area contributed by atoms with Crippen LogP contribution in [0, 0.1) is 43.4 Å². The molecule has 1 aromatic heterocycles. The van der Waals surface area contributed by atoms with Crippen LogP contribution in [-0.4, -0.2) is 95.8 Å². The van der Waals surface area contributed by atoms with Crippen LogP contribution < -0.4 is 34.4 Å². The quantitative estimate of drug-likeness (QED) is 0.0676. The van der Waals surface area contributed by atoms with Gasteiger partial charge in [-0.2, -0.15) is 0 Å². The van der Waals surface area contributed by atoms with Gasteiger partial charge in [0.25, 0.3) is 0 Å². The van der Waals surface area contributed by atoms with E-state index in [2.05, 4.69) is 97.5 Å². The van der Waals surface area contributed by atoms with Gasteiger partial charge in [-0.05, 0) is 209 Å². The number of amides is 1. The first-order valence-electron chi connectivity index (χ1n) is 29.8. The number of Topliss-reactive ketones (excluding diaryl/α,β-unsaturated/α-hetero) is 1. The number of fused-ring (bicyclic) bond motifs is 1. The maximum absolute atomic E-state index is 13.5. The lowest BCUT2D eigenvalue weighted by Crippen LogP contribution is -2.39. The van der Waals surface area contributed by atoms with Gasteiger partial charge in [0, 0.05) is 67.7 Å². The van der Waals surface area contributed by atoms with Gasteiger partial charge in [0.05, 0.1) is 42.2 Å². The molecule has 3 fully saturated rings. The fourth-order valence-corrected chi connectivity index (χ4v) is 15.7. The molecule has 3 aromatic carbocycles. The Kier molecular flexibility index (Phi) is 19.1. The number of ether oxygens (including phenoxy) is 2. The number of carbonyl (C=O) groups is 2. The summed E-state index contributed by atoms with van der Waals surface area (Å²) < 4.78 is 14.5. The number of carbonyl (C=O) groups excluding carboxylic acids is 1. The number of nitrogens with one attached hydrogen (secondary N) is 1. The predicted octanol–water partition coefficient (Wildman–Crippen LogP) is 14.2. The van der Waals surface area contributed by atoms with Gasteiger partial charge >= 0.3 is 6.09 Å². The molecule has 1 saturated carbocycles. The minimum Gasteiger partial charge on any atom is -0.497 e. The average molecular weight is 1180 g/mol. The number of hydrogen-bond donors (Lipinski definition) is 2. The Morgan fingerprint density at radius 1 is 0.835 bits per heavy atom. The van der Waals surface area contributed by atoms with Gasteiger partial charge in [0.2, 0.25) is 5.88 Å². The summed E-state index contributed by atoms with van der Waals surface area (Å²) in [6.45, 7) is 17.9. The average Bonchev–Trinajstić information content (AvgIpc) is 3.83. The van der Waals surface area contributed by atoms with Crippen molar-refractivity contribution in [3.8, 4) is 11.6 Å². The summed E-state index contributed by atoms with van der Waals surface area (Å²) in [6, 6.07) is 24.5. The predicted molar refractivity (Wildman–Crippen MR) is 334 cm³/mol. The molecule has 10 rings (SSSR count). The van der Waals surface area contributed by atoms with Crippen LogP contribution in [0.1, 0.15) is 125 Å².